The fourth-order valence-electron chi connectivity index (χ4n) is 3.37. The zero-order valence-electron chi connectivity index (χ0n) is 16.4. The Hall–Kier alpha value is -1.33. The predicted octanol–water partition coefficient (Wildman–Crippen LogP) is 0.0184. The minimum atomic E-state index is -3.55. The second-order valence-corrected chi connectivity index (χ2v) is 9.32. The van der Waals surface area contributed by atoms with Crippen molar-refractivity contribution in [3.05, 3.63) is 17.6 Å². The van der Waals surface area contributed by atoms with Gasteiger partial charge in [0.15, 0.2) is 0 Å². The molecule has 0 aliphatic carbocycles. The van der Waals surface area contributed by atoms with Gasteiger partial charge in [0, 0.05) is 52.8 Å². The van der Waals surface area contributed by atoms with Crippen LogP contribution in [0.15, 0.2) is 6.07 Å². The van der Waals surface area contributed by atoms with E-state index in [-0.39, 0.29) is 6.54 Å². The summed E-state index contributed by atoms with van der Waals surface area (Å²) in [5.41, 5.74) is 0.980. The van der Waals surface area contributed by atoms with Crippen LogP contribution in [0.5, 0.6) is 0 Å². The molecule has 0 bridgehead atoms. The second kappa shape index (κ2) is 8.78. The summed E-state index contributed by atoms with van der Waals surface area (Å²) in [5.74, 6) is 1.67. The molecule has 3 rings (SSSR count). The van der Waals surface area contributed by atoms with Crippen LogP contribution in [-0.4, -0.2) is 87.5 Å². The van der Waals surface area contributed by atoms with Crippen molar-refractivity contribution in [2.75, 3.05) is 65.4 Å². The molecule has 2 fully saturated rings. The van der Waals surface area contributed by atoms with E-state index in [1.54, 1.807) is 7.05 Å². The first-order valence-electron chi connectivity index (χ1n) is 9.43. The minimum Gasteiger partial charge on any atom is -0.379 e. The largest absolute Gasteiger partial charge is 0.379 e. The lowest BCUT2D eigenvalue weighted by Gasteiger charge is -2.30. The number of piperidine rings is 1. The van der Waals surface area contributed by atoms with Gasteiger partial charge in [-0.25, -0.2) is 9.97 Å². The zero-order valence-corrected chi connectivity index (χ0v) is 17.2. The van der Waals surface area contributed by atoms with Crippen LogP contribution in [0.4, 0.5) is 5.82 Å². The fourth-order valence-corrected chi connectivity index (χ4v) is 4.65. The van der Waals surface area contributed by atoms with Crippen LogP contribution < -0.4 is 10.2 Å². The van der Waals surface area contributed by atoms with Crippen molar-refractivity contribution < 1.29 is 13.2 Å². The molecule has 0 aromatic carbocycles. The van der Waals surface area contributed by atoms with Gasteiger partial charge in [-0.15, -0.1) is 0 Å². The second-order valence-electron chi connectivity index (χ2n) is 7.28. The standard InChI is InChI=1S/C17H30N6O3S/c1-21(2)17-11-15(14-5-4-6-18-12-14)19-16(20-17)13-22(3)27(24,25)23-7-9-26-10-8-23/h11,14,18H,4-10,12-13H2,1-3H3. The van der Waals surface area contributed by atoms with E-state index in [1.165, 1.54) is 8.61 Å². The van der Waals surface area contributed by atoms with E-state index < -0.39 is 10.2 Å². The highest BCUT2D eigenvalue weighted by Crippen LogP contribution is 2.24. The Bertz CT molecular complexity index is 730. The molecule has 2 aliphatic heterocycles. The molecule has 3 heterocycles. The molecule has 1 aromatic heterocycles. The van der Waals surface area contributed by atoms with Gasteiger partial charge < -0.3 is 15.0 Å². The van der Waals surface area contributed by atoms with Crippen LogP contribution in [0.25, 0.3) is 0 Å². The van der Waals surface area contributed by atoms with E-state index in [0.717, 1.165) is 37.4 Å². The lowest BCUT2D eigenvalue weighted by molar-refractivity contribution is 0.0704. The average Bonchev–Trinajstić information content (AvgIpc) is 2.69. The third kappa shape index (κ3) is 4.94. The molecule has 0 spiro atoms. The van der Waals surface area contributed by atoms with Crippen LogP contribution in [0.3, 0.4) is 0 Å². The smallest absolute Gasteiger partial charge is 0.282 e. The topological polar surface area (TPSA) is 90.9 Å². The Morgan fingerprint density at radius 2 is 2.00 bits per heavy atom. The van der Waals surface area contributed by atoms with Crippen molar-refractivity contribution in [3.63, 3.8) is 0 Å². The molecule has 27 heavy (non-hydrogen) atoms. The average molecular weight is 399 g/mol. The Balaban J connectivity index is 1.81. The van der Waals surface area contributed by atoms with Gasteiger partial charge in [-0.1, -0.05) is 0 Å². The molecular formula is C17H30N6O3S. The first kappa shape index (κ1) is 20.4. The van der Waals surface area contributed by atoms with Gasteiger partial charge in [-0.3, -0.25) is 0 Å². The molecule has 0 saturated carbocycles. The van der Waals surface area contributed by atoms with Crippen molar-refractivity contribution in [3.8, 4) is 0 Å². The quantitative estimate of drug-likeness (QED) is 0.722. The van der Waals surface area contributed by atoms with Gasteiger partial charge >= 0.3 is 0 Å². The van der Waals surface area contributed by atoms with E-state index in [4.69, 9.17) is 9.72 Å². The van der Waals surface area contributed by atoms with Gasteiger partial charge in [-0.2, -0.15) is 17.0 Å². The monoisotopic (exact) mass is 398 g/mol. The van der Waals surface area contributed by atoms with Crippen LogP contribution in [0, 0.1) is 0 Å². The summed E-state index contributed by atoms with van der Waals surface area (Å²) >= 11 is 0. The van der Waals surface area contributed by atoms with Crippen LogP contribution >= 0.6 is 0 Å². The van der Waals surface area contributed by atoms with Crippen molar-refractivity contribution in [1.82, 2.24) is 23.9 Å². The molecule has 1 aromatic rings. The Morgan fingerprint density at radius 3 is 2.63 bits per heavy atom. The van der Waals surface area contributed by atoms with Crippen molar-refractivity contribution in [2.24, 2.45) is 0 Å². The highest BCUT2D eigenvalue weighted by atomic mass is 32.2. The van der Waals surface area contributed by atoms with Crippen molar-refractivity contribution in [1.29, 1.82) is 0 Å². The molecule has 0 radical (unpaired) electrons. The Morgan fingerprint density at radius 1 is 1.26 bits per heavy atom. The molecule has 1 unspecified atom stereocenters. The highest BCUT2D eigenvalue weighted by Gasteiger charge is 2.29. The maximum Gasteiger partial charge on any atom is 0.282 e. The third-order valence-electron chi connectivity index (χ3n) is 5.01. The summed E-state index contributed by atoms with van der Waals surface area (Å²) in [6, 6.07) is 2.01. The predicted molar refractivity (Wildman–Crippen MR) is 104 cm³/mol. The van der Waals surface area contributed by atoms with Gasteiger partial charge in [0.1, 0.15) is 11.6 Å². The van der Waals surface area contributed by atoms with Crippen LogP contribution in [0.2, 0.25) is 0 Å². The van der Waals surface area contributed by atoms with Crippen LogP contribution in [0.1, 0.15) is 30.3 Å². The number of morpholine rings is 1. The molecule has 1 N–H and O–H groups in total. The molecule has 0 amide bonds. The fraction of sp³-hybridized carbons (Fsp3) is 0.765. The zero-order chi connectivity index (χ0) is 19.4. The first-order valence-corrected chi connectivity index (χ1v) is 10.8. The maximum absolute atomic E-state index is 12.8. The summed E-state index contributed by atoms with van der Waals surface area (Å²) < 4.78 is 33.7. The van der Waals surface area contributed by atoms with Crippen LogP contribution in [-0.2, 0) is 21.5 Å². The summed E-state index contributed by atoms with van der Waals surface area (Å²) in [5, 5.41) is 3.41. The number of hydrogen-bond donors (Lipinski definition) is 1. The van der Waals surface area contributed by atoms with E-state index >= 15 is 0 Å². The normalized spacial score (nSPS) is 22.1. The first-order chi connectivity index (χ1) is 12.9. The molecule has 2 aliphatic rings. The van der Waals surface area contributed by atoms with Gasteiger partial charge in [-0.05, 0) is 19.4 Å². The Kier molecular flexibility index (Phi) is 6.64. The van der Waals surface area contributed by atoms with Gasteiger partial charge in [0.25, 0.3) is 10.2 Å². The number of hydrogen-bond acceptors (Lipinski definition) is 7. The number of aromatic nitrogens is 2. The van der Waals surface area contributed by atoms with Crippen molar-refractivity contribution >= 4 is 16.0 Å². The van der Waals surface area contributed by atoms with Crippen molar-refractivity contribution in [2.45, 2.75) is 25.3 Å². The molecule has 2 saturated heterocycles. The third-order valence-corrected chi connectivity index (χ3v) is 6.94. The molecular weight excluding hydrogens is 368 g/mol. The summed E-state index contributed by atoms with van der Waals surface area (Å²) in [4.78, 5) is 11.2. The van der Waals surface area contributed by atoms with E-state index in [1.807, 2.05) is 25.1 Å². The summed E-state index contributed by atoms with van der Waals surface area (Å²) in [6.45, 7) is 3.70. The molecule has 10 heteroatoms. The SMILES string of the molecule is CN(C)c1cc(C2CCCNC2)nc(CN(C)S(=O)(=O)N2CCOCC2)n1. The van der Waals surface area contributed by atoms with E-state index in [2.05, 4.69) is 10.3 Å². The number of nitrogens with one attached hydrogen (secondary N) is 1. The Labute approximate surface area is 161 Å². The number of anilines is 1. The van der Waals surface area contributed by atoms with E-state index in [9.17, 15) is 8.42 Å². The highest BCUT2D eigenvalue weighted by molar-refractivity contribution is 7.86. The van der Waals surface area contributed by atoms with Gasteiger partial charge in [0.2, 0.25) is 0 Å². The number of ether oxygens (including phenoxy) is 1. The lowest BCUT2D eigenvalue weighted by atomic mass is 9.96. The molecule has 1 atom stereocenters. The minimum absolute atomic E-state index is 0.147. The lowest BCUT2D eigenvalue weighted by Crippen LogP contribution is -2.47. The number of rotatable bonds is 6. The molecule has 152 valence electrons. The van der Waals surface area contributed by atoms with Gasteiger partial charge in [0.05, 0.1) is 25.5 Å². The summed E-state index contributed by atoms with van der Waals surface area (Å²) in [7, 11) is 1.90. The maximum atomic E-state index is 12.8. The molecule has 9 nitrogen and oxygen atoms in total. The van der Waals surface area contributed by atoms with E-state index in [0.29, 0.717) is 38.0 Å². The number of nitrogens with zero attached hydrogens (tertiary/aromatic N) is 5. The summed E-state index contributed by atoms with van der Waals surface area (Å²) in [6.07, 6.45) is 2.20.